The maximum Gasteiger partial charge on any atom is 3.00 e. The number of hydrogen-bond donors (Lipinski definition) is 0. The maximum atomic E-state index is 6.75. The van der Waals surface area contributed by atoms with Crippen LogP contribution in [0.15, 0.2) is 0 Å². The quantitative estimate of drug-likeness (QED) is 0.276. The Balaban J connectivity index is -0.0000000257. The molecule has 56 valence electrons. The average molecular weight is 323 g/mol. The van der Waals surface area contributed by atoms with Gasteiger partial charge in [0.25, 0.3) is 0 Å². The molecule has 0 saturated heterocycles. The van der Waals surface area contributed by atoms with E-state index in [1.165, 1.54) is 14.7 Å². The normalized spacial score (nSPS) is 2.40. The van der Waals surface area contributed by atoms with Gasteiger partial charge in [-0.1, -0.05) is 0 Å². The topological polar surface area (TPSA) is 176 Å². The molecule has 0 aromatic rings. The van der Waals surface area contributed by atoms with Crippen molar-refractivity contribution in [2.75, 3.05) is 0 Å². The van der Waals surface area contributed by atoms with Crippen LogP contribution in [0.25, 0.3) is 47.9 Å². The van der Waals surface area contributed by atoms with Crippen LogP contribution < -0.4 is 0 Å². The van der Waals surface area contributed by atoms with Gasteiger partial charge < -0.3 is 33.2 Å². The van der Waals surface area contributed by atoms with Crippen molar-refractivity contribution in [1.82, 2.24) is 0 Å². The van der Waals surface area contributed by atoms with E-state index >= 15 is 0 Å². The molecule has 0 bridgehead atoms. The Bertz CT molecular complexity index is 96.3. The second-order valence-electron chi connectivity index (χ2n) is 0.268. The molecule has 0 amide bonds. The van der Waals surface area contributed by atoms with Crippen molar-refractivity contribution in [3.63, 3.8) is 0 Å². The van der Waals surface area contributed by atoms with Gasteiger partial charge in [-0.3, -0.25) is 14.7 Å². The zero-order valence-corrected chi connectivity index (χ0v) is 6.49. The van der Waals surface area contributed by atoms with Gasteiger partial charge in [-0.2, -0.15) is 0 Å². The van der Waals surface area contributed by atoms with Gasteiger partial charge in [-0.05, 0) is 0 Å². The summed E-state index contributed by atoms with van der Waals surface area (Å²) in [6.45, 7) is 0. The predicted octanol–water partition coefficient (Wildman–Crippen LogP) is 2.60. The Morgan fingerprint density at radius 3 is 0.500 bits per heavy atom. The number of nitrogens with zero attached hydrogens (tertiary/aromatic N) is 9. The first-order valence-electron chi connectivity index (χ1n) is 1.20. The average Bonchev–Trinajstić information content (AvgIpc) is 1.70. The van der Waals surface area contributed by atoms with E-state index in [0.717, 1.165) is 0 Å². The van der Waals surface area contributed by atoms with Gasteiger partial charge in [0.05, 0.1) is 0 Å². The molecule has 0 aromatic heterocycles. The number of hydrogen-bond acceptors (Lipinski definition) is 0. The molecule has 0 atom stereocenters. The third-order valence-electron chi connectivity index (χ3n) is 0. The minimum Gasteiger partial charge on any atom is -0.373 e. The largest absolute Gasteiger partial charge is 3.00 e. The molecule has 0 N–H and O–H groups in total. The van der Waals surface area contributed by atoms with Gasteiger partial charge in [0, 0.05) is 0 Å². The first-order chi connectivity index (χ1) is 4.24. The Morgan fingerprint density at radius 2 is 0.500 bits per heavy atom. The van der Waals surface area contributed by atoms with Gasteiger partial charge in [0.2, 0.25) is 0 Å². The molecular weight excluding hydrogens is 323 g/mol. The van der Waals surface area contributed by atoms with E-state index in [4.69, 9.17) is 33.2 Å². The third kappa shape index (κ3) is 121. The molecule has 0 rings (SSSR count). The molecule has 0 aromatic carbocycles. The van der Waals surface area contributed by atoms with Crippen molar-refractivity contribution >= 4 is 0 Å². The fourth-order valence-electron chi connectivity index (χ4n) is 0. The van der Waals surface area contributed by atoms with Crippen LogP contribution in [0.4, 0.5) is 0 Å². The predicted molar refractivity (Wildman–Crippen MR) is 30.2 cm³/mol. The molecule has 0 radical (unpaired) electrons. The minimum atomic E-state index is 0. The van der Waals surface area contributed by atoms with Crippen molar-refractivity contribution in [3.05, 3.63) is 47.9 Å². The van der Waals surface area contributed by atoms with Crippen LogP contribution >= 0.6 is 0 Å². The Labute approximate surface area is 70.8 Å². The van der Waals surface area contributed by atoms with Gasteiger partial charge in [-0.15, -0.1) is 0 Å². The fourth-order valence-corrected chi connectivity index (χ4v) is 0. The summed E-state index contributed by atoms with van der Waals surface area (Å²) in [7, 11) is 0. The van der Waals surface area contributed by atoms with E-state index in [0.29, 0.717) is 0 Å². The molecule has 9 nitrogen and oxygen atoms in total. The van der Waals surface area contributed by atoms with E-state index in [9.17, 15) is 0 Å². The zero-order valence-electron chi connectivity index (χ0n) is 4.33. The summed E-state index contributed by atoms with van der Waals surface area (Å²) in [5, 5.41) is 0. The maximum absolute atomic E-state index is 6.75. The van der Waals surface area contributed by atoms with Crippen molar-refractivity contribution in [3.8, 4) is 0 Å². The molecule has 0 aliphatic carbocycles. The smallest absolute Gasteiger partial charge is 0.373 e. The number of rotatable bonds is 0. The van der Waals surface area contributed by atoms with Crippen LogP contribution in [0, 0.1) is 0 Å². The molecule has 0 aliphatic heterocycles. The molecule has 10 heteroatoms. The first-order valence-corrected chi connectivity index (χ1v) is 1.20. The monoisotopic (exact) mass is 323 g/mol. The van der Waals surface area contributed by atoms with Gasteiger partial charge >= 0.3 is 22.4 Å². The third-order valence-corrected chi connectivity index (χ3v) is 0. The summed E-state index contributed by atoms with van der Waals surface area (Å²) < 4.78 is 0. The SMILES string of the molecule is [Au+3].[N-]=[N+]=[N-].[N-]=[N+]=[N-].[N-]=[N+]=[N-]. The Hall–Kier alpha value is -1.33. The van der Waals surface area contributed by atoms with E-state index in [1.54, 1.807) is 0 Å². The molecular formula is AuN9. The second-order valence-corrected chi connectivity index (χ2v) is 0.268. The summed E-state index contributed by atoms with van der Waals surface area (Å²) >= 11 is 0. The molecule has 0 heterocycles. The first kappa shape index (κ1) is 23.4. The fraction of sp³-hybridized carbons (Fsp3) is 0. The van der Waals surface area contributed by atoms with Crippen molar-refractivity contribution in [2.45, 2.75) is 0 Å². The van der Waals surface area contributed by atoms with Crippen LogP contribution in [0.2, 0.25) is 0 Å². The van der Waals surface area contributed by atoms with Crippen molar-refractivity contribution in [2.24, 2.45) is 0 Å². The van der Waals surface area contributed by atoms with Crippen LogP contribution in [0.1, 0.15) is 0 Å². The molecule has 10 heavy (non-hydrogen) atoms. The Morgan fingerprint density at radius 1 is 0.500 bits per heavy atom. The van der Waals surface area contributed by atoms with E-state index < -0.39 is 0 Å². The van der Waals surface area contributed by atoms with E-state index in [2.05, 4.69) is 0 Å². The van der Waals surface area contributed by atoms with Crippen LogP contribution in [0.5, 0.6) is 0 Å². The van der Waals surface area contributed by atoms with Crippen LogP contribution in [0.3, 0.4) is 0 Å². The standard InChI is InChI=1S/Au.3N3/c;3*1-3-2/q+3;3*-1. The second kappa shape index (κ2) is 122. The molecule has 0 fully saturated rings. The molecule has 0 saturated carbocycles. The summed E-state index contributed by atoms with van der Waals surface area (Å²) in [6, 6.07) is 0. The van der Waals surface area contributed by atoms with Gasteiger partial charge in [0.1, 0.15) is 0 Å². The van der Waals surface area contributed by atoms with Gasteiger partial charge in [0.15, 0.2) is 0 Å². The van der Waals surface area contributed by atoms with Crippen LogP contribution in [-0.4, -0.2) is 0 Å². The molecule has 0 unspecified atom stereocenters. The zero-order chi connectivity index (χ0) is 8.12. The summed E-state index contributed by atoms with van der Waals surface area (Å²) in [4.78, 5) is 4.50. The van der Waals surface area contributed by atoms with E-state index in [-0.39, 0.29) is 22.4 Å². The Kier molecular flexibility index (Phi) is 286. The van der Waals surface area contributed by atoms with Crippen LogP contribution in [-0.2, 0) is 22.4 Å². The summed E-state index contributed by atoms with van der Waals surface area (Å²) in [5.74, 6) is 0. The van der Waals surface area contributed by atoms with Crippen molar-refractivity contribution < 1.29 is 22.4 Å². The van der Waals surface area contributed by atoms with Crippen molar-refractivity contribution in [1.29, 1.82) is 0 Å². The van der Waals surface area contributed by atoms with E-state index in [1.807, 2.05) is 0 Å². The molecule has 0 aliphatic rings. The molecule has 0 spiro atoms. The van der Waals surface area contributed by atoms with Gasteiger partial charge in [-0.25, -0.2) is 0 Å². The summed E-state index contributed by atoms with van der Waals surface area (Å²) in [5.41, 5.74) is 40.5. The minimum absolute atomic E-state index is 0. The summed E-state index contributed by atoms with van der Waals surface area (Å²) in [6.07, 6.45) is 0.